The van der Waals surface area contributed by atoms with Gasteiger partial charge in [0.2, 0.25) is 0 Å². The summed E-state index contributed by atoms with van der Waals surface area (Å²) in [7, 11) is 0. The van der Waals surface area contributed by atoms with Crippen LogP contribution in [0.1, 0.15) is 13.8 Å². The molecule has 1 aliphatic heterocycles. The predicted octanol–water partition coefficient (Wildman–Crippen LogP) is 0.137. The Morgan fingerprint density at radius 2 is 2.12 bits per heavy atom. The molecule has 6 heteroatoms. The molecule has 2 amide bonds. The fourth-order valence-corrected chi connectivity index (χ4v) is 1.87. The molecule has 92 valence electrons. The van der Waals surface area contributed by atoms with E-state index >= 15 is 0 Å². The van der Waals surface area contributed by atoms with Crippen LogP contribution in [0.15, 0.2) is 0 Å². The summed E-state index contributed by atoms with van der Waals surface area (Å²) in [6.45, 7) is 5.13. The van der Waals surface area contributed by atoms with Crippen LogP contribution in [0.25, 0.3) is 0 Å². The van der Waals surface area contributed by atoms with Gasteiger partial charge in [0.1, 0.15) is 5.92 Å². The molecule has 0 aromatic heterocycles. The standard InChI is InChI=1S/C10H18N2O4/c1-3-11-10(15)12(4-2)8-6-16-5-7(8)9(13)14/h7-8H,3-6H2,1-2H3,(H,11,15)(H,13,14). The fourth-order valence-electron chi connectivity index (χ4n) is 1.87. The number of ether oxygens (including phenoxy) is 1. The molecule has 0 bridgehead atoms. The number of carbonyl (C=O) groups excluding carboxylic acids is 1. The lowest BCUT2D eigenvalue weighted by Gasteiger charge is -2.29. The number of urea groups is 1. The van der Waals surface area contributed by atoms with Crippen molar-refractivity contribution in [3.05, 3.63) is 0 Å². The first-order chi connectivity index (χ1) is 7.61. The summed E-state index contributed by atoms with van der Waals surface area (Å²) in [5.41, 5.74) is 0. The van der Waals surface area contributed by atoms with Crippen LogP contribution in [-0.2, 0) is 9.53 Å². The molecule has 2 atom stereocenters. The summed E-state index contributed by atoms with van der Waals surface area (Å²) in [6, 6.07) is -0.596. The maximum absolute atomic E-state index is 11.7. The zero-order chi connectivity index (χ0) is 12.1. The van der Waals surface area contributed by atoms with E-state index < -0.39 is 11.9 Å². The molecule has 1 fully saturated rings. The van der Waals surface area contributed by atoms with E-state index in [-0.39, 0.29) is 18.7 Å². The number of likely N-dealkylation sites (N-methyl/N-ethyl adjacent to an activating group) is 1. The average Bonchev–Trinajstić information content (AvgIpc) is 2.68. The van der Waals surface area contributed by atoms with Crippen molar-refractivity contribution in [2.24, 2.45) is 5.92 Å². The number of carboxylic acids is 1. The molecule has 0 saturated carbocycles. The van der Waals surface area contributed by atoms with Crippen LogP contribution < -0.4 is 5.32 Å². The number of nitrogens with zero attached hydrogens (tertiary/aromatic N) is 1. The number of carbonyl (C=O) groups is 2. The lowest BCUT2D eigenvalue weighted by molar-refractivity contribution is -0.142. The molecule has 0 spiro atoms. The van der Waals surface area contributed by atoms with E-state index in [9.17, 15) is 9.59 Å². The number of hydrogen-bond donors (Lipinski definition) is 2. The Kier molecular flexibility index (Phi) is 4.54. The van der Waals surface area contributed by atoms with Crippen molar-refractivity contribution >= 4 is 12.0 Å². The monoisotopic (exact) mass is 230 g/mol. The number of rotatable bonds is 4. The lowest BCUT2D eigenvalue weighted by Crippen LogP contribution is -2.50. The minimum atomic E-state index is -0.912. The third-order valence-corrected chi connectivity index (χ3v) is 2.70. The molecule has 0 aliphatic carbocycles. The van der Waals surface area contributed by atoms with Gasteiger partial charge in [0, 0.05) is 13.1 Å². The molecule has 16 heavy (non-hydrogen) atoms. The van der Waals surface area contributed by atoms with Gasteiger partial charge in [-0.05, 0) is 13.8 Å². The fraction of sp³-hybridized carbons (Fsp3) is 0.800. The first kappa shape index (κ1) is 12.8. The van der Waals surface area contributed by atoms with Gasteiger partial charge in [-0.25, -0.2) is 4.79 Å². The Balaban J connectivity index is 2.71. The van der Waals surface area contributed by atoms with Gasteiger partial charge in [0.05, 0.1) is 19.3 Å². The molecular weight excluding hydrogens is 212 g/mol. The second-order valence-corrected chi connectivity index (χ2v) is 3.67. The molecule has 0 radical (unpaired) electrons. The van der Waals surface area contributed by atoms with Crippen LogP contribution in [0.2, 0.25) is 0 Å². The molecule has 1 heterocycles. The van der Waals surface area contributed by atoms with E-state index in [1.807, 2.05) is 13.8 Å². The topological polar surface area (TPSA) is 78.9 Å². The molecule has 1 saturated heterocycles. The lowest BCUT2D eigenvalue weighted by atomic mass is 10.0. The summed E-state index contributed by atoms with van der Waals surface area (Å²) >= 11 is 0. The van der Waals surface area contributed by atoms with E-state index in [4.69, 9.17) is 9.84 Å². The highest BCUT2D eigenvalue weighted by molar-refractivity contribution is 5.77. The summed E-state index contributed by atoms with van der Waals surface area (Å²) in [5, 5.41) is 11.7. The second-order valence-electron chi connectivity index (χ2n) is 3.67. The van der Waals surface area contributed by atoms with Crippen molar-refractivity contribution in [2.45, 2.75) is 19.9 Å². The van der Waals surface area contributed by atoms with Crippen LogP contribution in [0.4, 0.5) is 4.79 Å². The zero-order valence-electron chi connectivity index (χ0n) is 9.60. The van der Waals surface area contributed by atoms with Crippen LogP contribution in [0, 0.1) is 5.92 Å². The Bertz CT molecular complexity index is 270. The normalized spacial score (nSPS) is 24.1. The van der Waals surface area contributed by atoms with E-state index in [0.29, 0.717) is 19.7 Å². The first-order valence-corrected chi connectivity index (χ1v) is 5.46. The highest BCUT2D eigenvalue weighted by Gasteiger charge is 2.39. The molecule has 1 rings (SSSR count). The number of carboxylic acid groups (broad SMARTS) is 1. The van der Waals surface area contributed by atoms with Crippen LogP contribution in [0.5, 0.6) is 0 Å². The van der Waals surface area contributed by atoms with Crippen LogP contribution in [0.3, 0.4) is 0 Å². The largest absolute Gasteiger partial charge is 0.481 e. The highest BCUT2D eigenvalue weighted by Crippen LogP contribution is 2.20. The summed E-state index contributed by atoms with van der Waals surface area (Å²) in [6.07, 6.45) is 0. The maximum atomic E-state index is 11.7. The van der Waals surface area contributed by atoms with Crippen LogP contribution in [-0.4, -0.2) is 54.4 Å². The second kappa shape index (κ2) is 5.69. The summed E-state index contributed by atoms with van der Waals surface area (Å²) in [4.78, 5) is 24.2. The molecule has 0 aromatic carbocycles. The Labute approximate surface area is 94.6 Å². The van der Waals surface area contributed by atoms with Crippen molar-refractivity contribution in [3.8, 4) is 0 Å². The zero-order valence-corrected chi connectivity index (χ0v) is 9.60. The quantitative estimate of drug-likeness (QED) is 0.720. The number of aliphatic carboxylic acids is 1. The van der Waals surface area contributed by atoms with Crippen LogP contribution >= 0.6 is 0 Å². The SMILES string of the molecule is CCNC(=O)N(CC)C1COCC1C(=O)O. The van der Waals surface area contributed by atoms with E-state index in [2.05, 4.69) is 5.32 Å². The van der Waals surface area contributed by atoms with Crippen molar-refractivity contribution in [1.82, 2.24) is 10.2 Å². The third-order valence-electron chi connectivity index (χ3n) is 2.70. The number of hydrogen-bond acceptors (Lipinski definition) is 3. The van der Waals surface area contributed by atoms with E-state index in [0.717, 1.165) is 0 Å². The van der Waals surface area contributed by atoms with Gasteiger partial charge < -0.3 is 20.1 Å². The van der Waals surface area contributed by atoms with Gasteiger partial charge >= 0.3 is 12.0 Å². The molecule has 1 aliphatic rings. The van der Waals surface area contributed by atoms with Crippen molar-refractivity contribution in [3.63, 3.8) is 0 Å². The van der Waals surface area contributed by atoms with Gasteiger partial charge in [-0.1, -0.05) is 0 Å². The highest BCUT2D eigenvalue weighted by atomic mass is 16.5. The summed E-state index contributed by atoms with van der Waals surface area (Å²) < 4.78 is 5.14. The minimum Gasteiger partial charge on any atom is -0.481 e. The molecule has 6 nitrogen and oxygen atoms in total. The first-order valence-electron chi connectivity index (χ1n) is 5.46. The number of nitrogens with one attached hydrogen (secondary N) is 1. The van der Waals surface area contributed by atoms with Gasteiger partial charge in [-0.3, -0.25) is 4.79 Å². The minimum absolute atomic E-state index is 0.176. The molecule has 2 N–H and O–H groups in total. The van der Waals surface area contributed by atoms with E-state index in [1.165, 1.54) is 4.90 Å². The smallest absolute Gasteiger partial charge is 0.317 e. The van der Waals surface area contributed by atoms with Gasteiger partial charge in [0.25, 0.3) is 0 Å². The van der Waals surface area contributed by atoms with Crippen molar-refractivity contribution < 1.29 is 19.4 Å². The average molecular weight is 230 g/mol. The van der Waals surface area contributed by atoms with Gasteiger partial charge in [-0.15, -0.1) is 0 Å². The summed E-state index contributed by atoms with van der Waals surface area (Å²) in [5.74, 6) is -1.53. The Morgan fingerprint density at radius 3 is 2.62 bits per heavy atom. The Hall–Kier alpha value is -1.30. The molecular formula is C10H18N2O4. The van der Waals surface area contributed by atoms with Gasteiger partial charge in [0.15, 0.2) is 0 Å². The van der Waals surface area contributed by atoms with Crippen molar-refractivity contribution in [1.29, 1.82) is 0 Å². The van der Waals surface area contributed by atoms with E-state index in [1.54, 1.807) is 0 Å². The molecule has 2 unspecified atom stereocenters. The number of amides is 2. The Morgan fingerprint density at radius 1 is 1.44 bits per heavy atom. The van der Waals surface area contributed by atoms with Gasteiger partial charge in [-0.2, -0.15) is 0 Å². The predicted molar refractivity (Wildman–Crippen MR) is 57.2 cm³/mol. The maximum Gasteiger partial charge on any atom is 0.317 e. The molecule has 0 aromatic rings. The third kappa shape index (κ3) is 2.63. The van der Waals surface area contributed by atoms with Crippen molar-refractivity contribution in [2.75, 3.05) is 26.3 Å².